The molecule has 0 heterocycles. The van der Waals surface area contributed by atoms with E-state index in [9.17, 15) is 0 Å². The summed E-state index contributed by atoms with van der Waals surface area (Å²) in [6.07, 6.45) is 4.10. The van der Waals surface area contributed by atoms with Crippen molar-refractivity contribution < 1.29 is 4.74 Å². The van der Waals surface area contributed by atoms with Crippen LogP contribution in [-0.4, -0.2) is 14.2 Å². The summed E-state index contributed by atoms with van der Waals surface area (Å²) >= 11 is 0. The minimum Gasteiger partial charge on any atom is -0.496 e. The zero-order valence-corrected chi connectivity index (χ0v) is 12.9. The van der Waals surface area contributed by atoms with Gasteiger partial charge in [0.25, 0.3) is 0 Å². The molecule has 1 fully saturated rings. The summed E-state index contributed by atoms with van der Waals surface area (Å²) in [5.74, 6) is 1.74. The van der Waals surface area contributed by atoms with Crippen molar-refractivity contribution in [3.63, 3.8) is 0 Å². The number of ether oxygens (including phenoxy) is 1. The minimum absolute atomic E-state index is 0.801. The summed E-state index contributed by atoms with van der Waals surface area (Å²) in [6, 6.07) is 15.5. The van der Waals surface area contributed by atoms with E-state index in [0.717, 1.165) is 18.2 Å². The fraction of sp³-hybridized carbons (Fsp3) is 0.368. The van der Waals surface area contributed by atoms with Crippen LogP contribution in [0.25, 0.3) is 11.1 Å². The summed E-state index contributed by atoms with van der Waals surface area (Å²) in [7, 11) is 3.68. The summed E-state index contributed by atoms with van der Waals surface area (Å²) in [5, 5.41) is 3.20. The first-order valence-electron chi connectivity index (χ1n) is 7.73. The fourth-order valence-electron chi connectivity index (χ4n) is 2.98. The van der Waals surface area contributed by atoms with E-state index in [1.165, 1.54) is 41.5 Å². The van der Waals surface area contributed by atoms with Gasteiger partial charge in [-0.3, -0.25) is 0 Å². The molecule has 0 bridgehead atoms. The van der Waals surface area contributed by atoms with Crippen LogP contribution in [0.2, 0.25) is 0 Å². The Morgan fingerprint density at radius 3 is 2.33 bits per heavy atom. The van der Waals surface area contributed by atoms with Crippen LogP contribution in [0, 0.1) is 0 Å². The summed E-state index contributed by atoms with van der Waals surface area (Å²) in [6.45, 7) is 0.817. The van der Waals surface area contributed by atoms with E-state index in [-0.39, 0.29) is 0 Å². The van der Waals surface area contributed by atoms with Gasteiger partial charge >= 0.3 is 0 Å². The first-order valence-corrected chi connectivity index (χ1v) is 7.73. The number of hydrogen-bond donors (Lipinski definition) is 1. The van der Waals surface area contributed by atoms with Gasteiger partial charge in [-0.1, -0.05) is 36.8 Å². The van der Waals surface area contributed by atoms with Crippen molar-refractivity contribution in [3.8, 4) is 16.9 Å². The van der Waals surface area contributed by atoms with Crippen LogP contribution in [-0.2, 0) is 6.54 Å². The highest BCUT2D eigenvalue weighted by molar-refractivity contribution is 5.66. The van der Waals surface area contributed by atoms with Crippen molar-refractivity contribution in [3.05, 3.63) is 53.6 Å². The van der Waals surface area contributed by atoms with Crippen molar-refractivity contribution >= 4 is 0 Å². The van der Waals surface area contributed by atoms with Gasteiger partial charge in [-0.05, 0) is 54.6 Å². The Bertz CT molecular complexity index is 599. The summed E-state index contributed by atoms with van der Waals surface area (Å²) in [5.41, 5.74) is 5.22. The molecule has 0 radical (unpaired) electrons. The normalized spacial score (nSPS) is 14.8. The first-order chi connectivity index (χ1) is 10.3. The third kappa shape index (κ3) is 2.96. The monoisotopic (exact) mass is 281 g/mol. The quantitative estimate of drug-likeness (QED) is 0.879. The van der Waals surface area contributed by atoms with Crippen LogP contribution in [0.4, 0.5) is 0 Å². The second kappa shape index (κ2) is 6.31. The molecule has 0 aliphatic heterocycles. The van der Waals surface area contributed by atoms with Gasteiger partial charge in [-0.2, -0.15) is 0 Å². The Kier molecular flexibility index (Phi) is 4.26. The first kappa shape index (κ1) is 14.2. The minimum atomic E-state index is 0.801. The molecule has 1 aliphatic carbocycles. The molecule has 3 rings (SSSR count). The van der Waals surface area contributed by atoms with Crippen LogP contribution in [0.5, 0.6) is 5.75 Å². The number of methoxy groups -OCH3 is 1. The lowest BCUT2D eigenvalue weighted by molar-refractivity contribution is 0.408. The average molecular weight is 281 g/mol. The molecule has 0 unspecified atom stereocenters. The molecule has 0 aromatic heterocycles. The average Bonchev–Trinajstić information content (AvgIpc) is 2.47. The van der Waals surface area contributed by atoms with E-state index < -0.39 is 0 Å². The SMILES string of the molecule is CNCc1cc(-c2ccc(C3CCC3)cc2)ccc1OC. The van der Waals surface area contributed by atoms with Gasteiger partial charge < -0.3 is 10.1 Å². The molecule has 1 N–H and O–H groups in total. The zero-order chi connectivity index (χ0) is 14.7. The molecule has 1 aliphatic rings. The van der Waals surface area contributed by atoms with Crippen LogP contribution in [0.1, 0.15) is 36.3 Å². The molecular weight excluding hydrogens is 258 g/mol. The van der Waals surface area contributed by atoms with E-state index in [2.05, 4.69) is 47.8 Å². The Morgan fingerprint density at radius 2 is 1.76 bits per heavy atom. The second-order valence-electron chi connectivity index (χ2n) is 5.81. The van der Waals surface area contributed by atoms with Gasteiger partial charge in [0.05, 0.1) is 7.11 Å². The van der Waals surface area contributed by atoms with Gasteiger partial charge in [0.1, 0.15) is 5.75 Å². The lowest BCUT2D eigenvalue weighted by Gasteiger charge is -2.25. The van der Waals surface area contributed by atoms with Gasteiger partial charge in [0.15, 0.2) is 0 Å². The molecule has 2 aromatic rings. The van der Waals surface area contributed by atoms with Crippen LogP contribution in [0.15, 0.2) is 42.5 Å². The van der Waals surface area contributed by atoms with E-state index in [1.807, 2.05) is 7.05 Å². The summed E-state index contributed by atoms with van der Waals surface area (Å²) < 4.78 is 5.42. The highest BCUT2D eigenvalue weighted by Crippen LogP contribution is 2.37. The lowest BCUT2D eigenvalue weighted by Crippen LogP contribution is -2.08. The third-order valence-corrected chi connectivity index (χ3v) is 4.47. The standard InChI is InChI=1S/C19H23NO/c1-20-13-18-12-17(10-11-19(18)21-2)16-8-6-15(7-9-16)14-4-3-5-14/h6-12,14,20H,3-5,13H2,1-2H3. The Balaban J connectivity index is 1.86. The lowest BCUT2D eigenvalue weighted by atomic mass is 9.80. The van der Waals surface area contributed by atoms with Gasteiger partial charge in [-0.15, -0.1) is 0 Å². The van der Waals surface area contributed by atoms with Crippen molar-refractivity contribution in [2.45, 2.75) is 31.7 Å². The Labute approximate surface area is 127 Å². The zero-order valence-electron chi connectivity index (χ0n) is 12.9. The highest BCUT2D eigenvalue weighted by atomic mass is 16.5. The summed E-state index contributed by atoms with van der Waals surface area (Å²) in [4.78, 5) is 0. The van der Waals surface area contributed by atoms with E-state index in [0.29, 0.717) is 0 Å². The molecule has 2 nitrogen and oxygen atoms in total. The molecule has 0 spiro atoms. The van der Waals surface area contributed by atoms with Gasteiger partial charge in [0, 0.05) is 12.1 Å². The molecule has 0 amide bonds. The van der Waals surface area contributed by atoms with Crippen molar-refractivity contribution in [1.82, 2.24) is 5.32 Å². The Morgan fingerprint density at radius 1 is 1.05 bits per heavy atom. The molecule has 21 heavy (non-hydrogen) atoms. The number of hydrogen-bond acceptors (Lipinski definition) is 2. The molecule has 2 heteroatoms. The van der Waals surface area contributed by atoms with Crippen LogP contribution < -0.4 is 10.1 Å². The fourth-order valence-corrected chi connectivity index (χ4v) is 2.98. The van der Waals surface area contributed by atoms with Crippen molar-refractivity contribution in [2.24, 2.45) is 0 Å². The molecule has 0 saturated heterocycles. The molecule has 1 saturated carbocycles. The van der Waals surface area contributed by atoms with E-state index in [4.69, 9.17) is 4.74 Å². The number of benzene rings is 2. The second-order valence-corrected chi connectivity index (χ2v) is 5.81. The van der Waals surface area contributed by atoms with Crippen LogP contribution in [0.3, 0.4) is 0 Å². The highest BCUT2D eigenvalue weighted by Gasteiger charge is 2.19. The molecular formula is C19H23NO. The molecule has 2 aromatic carbocycles. The van der Waals surface area contributed by atoms with Gasteiger partial charge in [0.2, 0.25) is 0 Å². The van der Waals surface area contributed by atoms with E-state index >= 15 is 0 Å². The maximum Gasteiger partial charge on any atom is 0.123 e. The van der Waals surface area contributed by atoms with Crippen molar-refractivity contribution in [2.75, 3.05) is 14.2 Å². The van der Waals surface area contributed by atoms with Crippen molar-refractivity contribution in [1.29, 1.82) is 0 Å². The maximum atomic E-state index is 5.42. The van der Waals surface area contributed by atoms with Crippen LogP contribution >= 0.6 is 0 Å². The number of rotatable bonds is 5. The number of nitrogens with one attached hydrogen (secondary N) is 1. The molecule has 0 atom stereocenters. The van der Waals surface area contributed by atoms with E-state index in [1.54, 1.807) is 7.11 Å². The predicted molar refractivity (Wildman–Crippen MR) is 87.8 cm³/mol. The Hall–Kier alpha value is -1.80. The van der Waals surface area contributed by atoms with Gasteiger partial charge in [-0.25, -0.2) is 0 Å². The molecule has 110 valence electrons. The maximum absolute atomic E-state index is 5.42. The predicted octanol–water partition coefficient (Wildman–Crippen LogP) is 4.35. The smallest absolute Gasteiger partial charge is 0.123 e. The topological polar surface area (TPSA) is 21.3 Å². The third-order valence-electron chi connectivity index (χ3n) is 4.47. The largest absolute Gasteiger partial charge is 0.496 e.